The molecular formula is C25H29N5O2. The lowest BCUT2D eigenvalue weighted by Crippen LogP contribution is -2.37. The van der Waals surface area contributed by atoms with Crippen LogP contribution in [0.3, 0.4) is 0 Å². The zero-order valence-electron chi connectivity index (χ0n) is 19.1. The van der Waals surface area contributed by atoms with E-state index in [0.29, 0.717) is 23.2 Å². The van der Waals surface area contributed by atoms with Crippen molar-refractivity contribution in [3.63, 3.8) is 0 Å². The molecule has 5 rings (SSSR count). The predicted molar refractivity (Wildman–Crippen MR) is 125 cm³/mol. The van der Waals surface area contributed by atoms with Crippen molar-refractivity contribution < 1.29 is 9.53 Å². The normalized spacial score (nSPS) is 16.9. The number of nitrogens with one attached hydrogen (secondary N) is 1. The smallest absolute Gasteiger partial charge is 0.219 e. The molecule has 3 aromatic heterocycles. The molecule has 1 atom stereocenters. The van der Waals surface area contributed by atoms with Crippen molar-refractivity contribution in [2.75, 3.05) is 20.2 Å². The lowest BCUT2D eigenvalue weighted by atomic mass is 9.88. The molecule has 1 saturated heterocycles. The van der Waals surface area contributed by atoms with E-state index in [1.165, 1.54) is 22.8 Å². The molecule has 32 heavy (non-hydrogen) atoms. The quantitative estimate of drug-likeness (QED) is 0.507. The molecule has 1 N–H and O–H groups in total. The minimum absolute atomic E-state index is 0.167. The predicted octanol–water partition coefficient (Wildman–Crippen LogP) is 4.74. The van der Waals surface area contributed by atoms with E-state index in [-0.39, 0.29) is 5.91 Å². The van der Waals surface area contributed by atoms with Crippen LogP contribution in [0.15, 0.2) is 36.8 Å². The summed E-state index contributed by atoms with van der Waals surface area (Å²) in [5.74, 6) is 1.56. The Kier molecular flexibility index (Phi) is 5.12. The largest absolute Gasteiger partial charge is 0.493 e. The van der Waals surface area contributed by atoms with Gasteiger partial charge < -0.3 is 14.6 Å². The van der Waals surface area contributed by atoms with Crippen molar-refractivity contribution in [3.05, 3.63) is 47.9 Å². The molecule has 1 aromatic carbocycles. The molecule has 0 spiro atoms. The Bertz CT molecular complexity index is 1300. The highest BCUT2D eigenvalue weighted by molar-refractivity contribution is 5.92. The average Bonchev–Trinajstić information content (AvgIpc) is 3.42. The molecule has 166 valence electrons. The van der Waals surface area contributed by atoms with Gasteiger partial charge in [-0.1, -0.05) is 19.9 Å². The van der Waals surface area contributed by atoms with E-state index in [1.807, 2.05) is 17.2 Å². The van der Waals surface area contributed by atoms with E-state index >= 15 is 0 Å². The van der Waals surface area contributed by atoms with Gasteiger partial charge >= 0.3 is 0 Å². The van der Waals surface area contributed by atoms with Gasteiger partial charge in [0.2, 0.25) is 5.91 Å². The number of nitrogens with zero attached hydrogens (tertiary/aromatic N) is 4. The molecule has 0 aliphatic carbocycles. The van der Waals surface area contributed by atoms with Crippen LogP contribution in [0.5, 0.6) is 5.75 Å². The zero-order valence-corrected chi connectivity index (χ0v) is 19.1. The molecule has 0 bridgehead atoms. The highest BCUT2D eigenvalue weighted by atomic mass is 16.5. The fraction of sp³-hybridized carbons (Fsp3) is 0.400. The van der Waals surface area contributed by atoms with Crippen molar-refractivity contribution >= 4 is 22.5 Å². The number of fused-ring (bicyclic) bond motifs is 2. The summed E-state index contributed by atoms with van der Waals surface area (Å²) in [6.07, 6.45) is 5.70. The molecule has 4 aromatic rings. The van der Waals surface area contributed by atoms with Gasteiger partial charge in [-0.05, 0) is 48.1 Å². The second-order valence-corrected chi connectivity index (χ2v) is 9.00. The van der Waals surface area contributed by atoms with Crippen LogP contribution in [0.1, 0.15) is 56.6 Å². The Labute approximate surface area is 187 Å². The molecule has 1 aliphatic rings. The molecule has 1 amide bonds. The number of amides is 1. The van der Waals surface area contributed by atoms with Gasteiger partial charge in [0.05, 0.1) is 12.8 Å². The first-order valence-electron chi connectivity index (χ1n) is 11.2. The van der Waals surface area contributed by atoms with Crippen molar-refractivity contribution in [2.24, 2.45) is 0 Å². The standard InChI is InChI=1S/C25H29N5O2/c1-15(2)23-20-10-17(18-6-5-9-29(12-18)16(3)31)7-8-21(20)28-24(23)19-11-22(32-4)25-26-14-27-30(25)13-19/h7-8,10-11,13-15,18,28H,5-6,9,12H2,1-4H3. The van der Waals surface area contributed by atoms with E-state index in [4.69, 9.17) is 4.74 Å². The molecule has 7 heteroatoms. The second-order valence-electron chi connectivity index (χ2n) is 9.00. The van der Waals surface area contributed by atoms with Gasteiger partial charge in [-0.25, -0.2) is 9.50 Å². The van der Waals surface area contributed by atoms with Crippen LogP contribution in [0.2, 0.25) is 0 Å². The topological polar surface area (TPSA) is 75.5 Å². The number of aromatic amines is 1. The number of rotatable bonds is 4. The molecular weight excluding hydrogens is 402 g/mol. The summed E-state index contributed by atoms with van der Waals surface area (Å²) in [5.41, 5.74) is 6.50. The third-order valence-corrected chi connectivity index (χ3v) is 6.63. The number of carbonyl (C=O) groups excluding carboxylic acids is 1. The number of methoxy groups -OCH3 is 1. The van der Waals surface area contributed by atoms with E-state index in [2.05, 4.69) is 47.1 Å². The lowest BCUT2D eigenvalue weighted by molar-refractivity contribution is -0.130. The summed E-state index contributed by atoms with van der Waals surface area (Å²) >= 11 is 0. The van der Waals surface area contributed by atoms with Crippen LogP contribution in [-0.4, -0.2) is 50.6 Å². The number of aromatic nitrogens is 4. The van der Waals surface area contributed by atoms with Crippen LogP contribution >= 0.6 is 0 Å². The first kappa shape index (κ1) is 20.5. The van der Waals surface area contributed by atoms with Crippen molar-refractivity contribution in [1.82, 2.24) is 24.5 Å². The maximum atomic E-state index is 11.9. The van der Waals surface area contributed by atoms with Crippen LogP contribution in [0, 0.1) is 0 Å². The summed E-state index contributed by atoms with van der Waals surface area (Å²) in [4.78, 5) is 21.8. The third-order valence-electron chi connectivity index (χ3n) is 6.63. The fourth-order valence-electron chi connectivity index (χ4n) is 5.03. The van der Waals surface area contributed by atoms with E-state index in [0.717, 1.165) is 42.7 Å². The number of carbonyl (C=O) groups is 1. The minimum Gasteiger partial charge on any atom is -0.493 e. The number of hydrogen-bond acceptors (Lipinski definition) is 4. The fourth-order valence-corrected chi connectivity index (χ4v) is 5.03. The Balaban J connectivity index is 1.62. The van der Waals surface area contributed by atoms with Crippen molar-refractivity contribution in [1.29, 1.82) is 0 Å². The highest BCUT2D eigenvalue weighted by Gasteiger charge is 2.24. The van der Waals surface area contributed by atoms with E-state index < -0.39 is 0 Å². The second kappa shape index (κ2) is 7.97. The monoisotopic (exact) mass is 431 g/mol. The number of H-pyrrole nitrogens is 1. The molecule has 0 saturated carbocycles. The average molecular weight is 432 g/mol. The summed E-state index contributed by atoms with van der Waals surface area (Å²) in [5, 5.41) is 5.56. The summed E-state index contributed by atoms with van der Waals surface area (Å²) < 4.78 is 7.34. The molecule has 0 radical (unpaired) electrons. The summed E-state index contributed by atoms with van der Waals surface area (Å²) in [6, 6.07) is 8.73. The molecule has 7 nitrogen and oxygen atoms in total. The number of benzene rings is 1. The van der Waals surface area contributed by atoms with Gasteiger partial charge in [0.1, 0.15) is 6.33 Å². The SMILES string of the molecule is COc1cc(-c2[nH]c3ccc(C4CCCN(C(C)=O)C4)cc3c2C(C)C)cn2ncnc12. The number of piperidine rings is 1. The molecule has 4 heterocycles. The molecule has 1 aliphatic heterocycles. The number of likely N-dealkylation sites (tertiary alicyclic amines) is 1. The lowest BCUT2D eigenvalue weighted by Gasteiger charge is -2.32. The Morgan fingerprint density at radius 3 is 2.88 bits per heavy atom. The van der Waals surface area contributed by atoms with Gasteiger partial charge in [-0.15, -0.1) is 0 Å². The van der Waals surface area contributed by atoms with Crippen molar-refractivity contribution in [3.8, 4) is 17.0 Å². The Morgan fingerprint density at radius 1 is 1.28 bits per heavy atom. The first-order chi connectivity index (χ1) is 15.5. The van der Waals surface area contributed by atoms with Crippen LogP contribution in [-0.2, 0) is 4.79 Å². The van der Waals surface area contributed by atoms with Gasteiger partial charge in [0, 0.05) is 48.6 Å². The van der Waals surface area contributed by atoms with Crippen LogP contribution in [0.25, 0.3) is 27.8 Å². The summed E-state index contributed by atoms with van der Waals surface area (Å²) in [6.45, 7) is 7.78. The third kappa shape index (κ3) is 3.42. The number of hydrogen-bond donors (Lipinski definition) is 1. The van der Waals surface area contributed by atoms with Gasteiger partial charge in [0.25, 0.3) is 0 Å². The van der Waals surface area contributed by atoms with Crippen molar-refractivity contribution in [2.45, 2.75) is 45.4 Å². The number of pyridine rings is 1. The molecule has 1 unspecified atom stereocenters. The first-order valence-corrected chi connectivity index (χ1v) is 11.2. The maximum absolute atomic E-state index is 11.9. The molecule has 1 fully saturated rings. The zero-order chi connectivity index (χ0) is 22.4. The minimum atomic E-state index is 0.167. The van der Waals surface area contributed by atoms with Gasteiger partial charge in [0.15, 0.2) is 11.4 Å². The van der Waals surface area contributed by atoms with Crippen LogP contribution < -0.4 is 4.74 Å². The Morgan fingerprint density at radius 2 is 2.12 bits per heavy atom. The number of ether oxygens (including phenoxy) is 1. The maximum Gasteiger partial charge on any atom is 0.219 e. The van der Waals surface area contributed by atoms with E-state index in [9.17, 15) is 4.79 Å². The van der Waals surface area contributed by atoms with Gasteiger partial charge in [-0.3, -0.25) is 4.79 Å². The Hall–Kier alpha value is -3.35. The van der Waals surface area contributed by atoms with Gasteiger partial charge in [-0.2, -0.15) is 5.10 Å². The van der Waals surface area contributed by atoms with E-state index in [1.54, 1.807) is 18.5 Å². The highest BCUT2D eigenvalue weighted by Crippen LogP contribution is 2.39. The van der Waals surface area contributed by atoms with Crippen LogP contribution in [0.4, 0.5) is 0 Å². The summed E-state index contributed by atoms with van der Waals surface area (Å²) in [7, 11) is 1.66.